The molecule has 0 aromatic heterocycles. The Bertz CT molecular complexity index is 682. The number of benzene rings is 1. The van der Waals surface area contributed by atoms with Crippen molar-refractivity contribution in [2.45, 2.75) is 13.8 Å². The summed E-state index contributed by atoms with van der Waals surface area (Å²) in [6, 6.07) is 7.53. The van der Waals surface area contributed by atoms with Gasteiger partial charge in [0.15, 0.2) is 11.6 Å². The van der Waals surface area contributed by atoms with Crippen LogP contribution in [0.4, 0.5) is 5.69 Å². The molecule has 1 aromatic rings. The molecule has 0 aliphatic carbocycles. The van der Waals surface area contributed by atoms with Crippen molar-refractivity contribution in [1.29, 1.82) is 0 Å². The average Bonchev–Trinajstić information content (AvgIpc) is 2.97. The van der Waals surface area contributed by atoms with Gasteiger partial charge in [-0.05, 0) is 28.9 Å². The van der Waals surface area contributed by atoms with E-state index < -0.39 is 0 Å². The van der Waals surface area contributed by atoms with Gasteiger partial charge in [0.05, 0.1) is 16.4 Å². The molecule has 0 N–H and O–H groups in total. The first-order valence-electron chi connectivity index (χ1n) is 7.22. The fourth-order valence-corrected chi connectivity index (χ4v) is 4.57. The fourth-order valence-electron chi connectivity index (χ4n) is 2.68. The van der Waals surface area contributed by atoms with Gasteiger partial charge in [-0.15, -0.1) is 0 Å². The normalized spacial score (nSPS) is 18.2. The van der Waals surface area contributed by atoms with E-state index in [1.54, 1.807) is 0 Å². The lowest BCUT2D eigenvalue weighted by atomic mass is 10.0. The smallest absolute Gasteiger partial charge is 0.200 e. The quantitative estimate of drug-likeness (QED) is 0.603. The SMILES string of the molecule is CC(C)CN1CC(=O)C(=C2SC=CS2)C(=O)c2ccccc21. The first-order chi connectivity index (χ1) is 10.6. The van der Waals surface area contributed by atoms with Crippen LogP contribution in [0.25, 0.3) is 0 Å². The highest BCUT2D eigenvalue weighted by atomic mass is 32.2. The van der Waals surface area contributed by atoms with Crippen LogP contribution in [0.3, 0.4) is 0 Å². The topological polar surface area (TPSA) is 37.4 Å². The minimum atomic E-state index is -0.148. The Morgan fingerprint density at radius 3 is 2.50 bits per heavy atom. The molecule has 0 radical (unpaired) electrons. The van der Waals surface area contributed by atoms with Crippen LogP contribution in [0.2, 0.25) is 0 Å². The van der Waals surface area contributed by atoms with Crippen molar-refractivity contribution in [2.24, 2.45) is 5.92 Å². The van der Waals surface area contributed by atoms with Crippen LogP contribution in [0.1, 0.15) is 24.2 Å². The van der Waals surface area contributed by atoms with Gasteiger partial charge in [-0.25, -0.2) is 0 Å². The van der Waals surface area contributed by atoms with Gasteiger partial charge in [0.25, 0.3) is 0 Å². The first-order valence-corrected chi connectivity index (χ1v) is 8.98. The van der Waals surface area contributed by atoms with Crippen molar-refractivity contribution < 1.29 is 9.59 Å². The Hall–Kier alpha value is -1.46. The minimum absolute atomic E-state index is 0.0828. The summed E-state index contributed by atoms with van der Waals surface area (Å²) in [7, 11) is 0. The lowest BCUT2D eigenvalue weighted by Gasteiger charge is -2.25. The molecule has 2 aliphatic heterocycles. The fraction of sp³-hybridized carbons (Fsp3) is 0.294. The zero-order valence-corrected chi connectivity index (χ0v) is 14.2. The van der Waals surface area contributed by atoms with Crippen LogP contribution in [-0.2, 0) is 4.79 Å². The second-order valence-corrected chi connectivity index (χ2v) is 7.80. The highest BCUT2D eigenvalue weighted by molar-refractivity contribution is 8.27. The number of carbonyl (C=O) groups is 2. The van der Waals surface area contributed by atoms with Gasteiger partial charge < -0.3 is 4.90 Å². The number of Topliss-reactive ketones (excluding diaryl/α,β-unsaturated/α-hetero) is 2. The van der Waals surface area contributed by atoms with Crippen LogP contribution in [0.15, 0.2) is 44.9 Å². The van der Waals surface area contributed by atoms with Crippen LogP contribution < -0.4 is 4.90 Å². The Balaban J connectivity index is 2.10. The highest BCUT2D eigenvalue weighted by Gasteiger charge is 2.33. The van der Waals surface area contributed by atoms with Crippen molar-refractivity contribution in [3.8, 4) is 0 Å². The molecule has 0 unspecified atom stereocenters. The number of rotatable bonds is 2. The summed E-state index contributed by atoms with van der Waals surface area (Å²) in [6.07, 6.45) is 0. The molecule has 0 atom stereocenters. The number of hydrogen-bond donors (Lipinski definition) is 0. The van der Waals surface area contributed by atoms with E-state index in [9.17, 15) is 9.59 Å². The van der Waals surface area contributed by atoms with E-state index in [1.165, 1.54) is 23.5 Å². The predicted molar refractivity (Wildman–Crippen MR) is 94.2 cm³/mol. The van der Waals surface area contributed by atoms with Crippen LogP contribution in [0, 0.1) is 5.92 Å². The lowest BCUT2D eigenvalue weighted by Crippen LogP contribution is -2.32. The molecule has 22 heavy (non-hydrogen) atoms. The van der Waals surface area contributed by atoms with Gasteiger partial charge in [-0.2, -0.15) is 0 Å². The Morgan fingerprint density at radius 1 is 1.14 bits per heavy atom. The number of ketones is 2. The molecule has 2 heterocycles. The molecular formula is C17H17NO2S2. The summed E-state index contributed by atoms with van der Waals surface area (Å²) < 4.78 is 0.802. The van der Waals surface area contributed by atoms with Gasteiger partial charge in [-0.3, -0.25) is 9.59 Å². The molecule has 0 bridgehead atoms. The van der Waals surface area contributed by atoms with E-state index in [0.29, 0.717) is 17.1 Å². The highest BCUT2D eigenvalue weighted by Crippen LogP contribution is 2.42. The number of fused-ring (bicyclic) bond motifs is 1. The summed E-state index contributed by atoms with van der Waals surface area (Å²) in [6.45, 7) is 5.26. The maximum Gasteiger partial charge on any atom is 0.200 e. The molecular weight excluding hydrogens is 314 g/mol. The summed E-state index contributed by atoms with van der Waals surface area (Å²) in [5.41, 5.74) is 1.84. The standard InChI is InChI=1S/C17H17NO2S2/c1-11(2)9-18-10-14(19)15(17-21-7-8-22-17)16(20)12-5-3-4-6-13(12)18/h3-8,11H,9-10H2,1-2H3. The molecule has 0 fully saturated rings. The molecule has 0 saturated heterocycles. The molecule has 3 rings (SSSR count). The summed E-state index contributed by atoms with van der Waals surface area (Å²) in [5, 5.41) is 3.83. The van der Waals surface area contributed by atoms with Gasteiger partial charge in [0.1, 0.15) is 0 Å². The minimum Gasteiger partial charge on any atom is -0.363 e. The second-order valence-electron chi connectivity index (χ2n) is 5.71. The Kier molecular flexibility index (Phi) is 4.45. The van der Waals surface area contributed by atoms with E-state index in [4.69, 9.17) is 0 Å². The zero-order valence-electron chi connectivity index (χ0n) is 12.5. The largest absolute Gasteiger partial charge is 0.363 e. The van der Waals surface area contributed by atoms with Gasteiger partial charge in [0, 0.05) is 17.8 Å². The van der Waals surface area contributed by atoms with Crippen molar-refractivity contribution in [3.63, 3.8) is 0 Å². The second kappa shape index (κ2) is 6.34. The number of anilines is 1. The van der Waals surface area contributed by atoms with Crippen molar-refractivity contribution in [2.75, 3.05) is 18.0 Å². The number of thioether (sulfide) groups is 2. The molecule has 0 saturated carbocycles. The third-order valence-corrected chi connectivity index (χ3v) is 5.66. The van der Waals surface area contributed by atoms with Crippen molar-refractivity contribution in [1.82, 2.24) is 0 Å². The molecule has 0 spiro atoms. The number of carbonyl (C=O) groups excluding carboxylic acids is 2. The third kappa shape index (κ3) is 2.88. The summed E-state index contributed by atoms with van der Waals surface area (Å²) in [5.74, 6) is 0.188. The maximum absolute atomic E-state index is 12.9. The van der Waals surface area contributed by atoms with Crippen molar-refractivity contribution in [3.05, 3.63) is 50.5 Å². The Labute approximate surface area is 138 Å². The summed E-state index contributed by atoms with van der Waals surface area (Å²) in [4.78, 5) is 27.6. The number of hydrogen-bond acceptors (Lipinski definition) is 5. The molecule has 5 heteroatoms. The monoisotopic (exact) mass is 331 g/mol. The van der Waals surface area contributed by atoms with Crippen molar-refractivity contribution >= 4 is 40.8 Å². The van der Waals surface area contributed by atoms with Crippen LogP contribution >= 0.6 is 23.5 Å². The molecule has 1 aromatic carbocycles. The summed E-state index contributed by atoms with van der Waals surface area (Å²) >= 11 is 2.91. The molecule has 0 amide bonds. The van der Waals surface area contributed by atoms with Gasteiger partial charge >= 0.3 is 0 Å². The number of para-hydroxylation sites is 1. The Morgan fingerprint density at radius 2 is 1.82 bits per heavy atom. The zero-order chi connectivity index (χ0) is 15.7. The van der Waals surface area contributed by atoms with Crippen LogP contribution in [-0.4, -0.2) is 24.7 Å². The van der Waals surface area contributed by atoms with E-state index in [1.807, 2.05) is 40.0 Å². The van der Waals surface area contributed by atoms with E-state index in [0.717, 1.165) is 16.5 Å². The third-order valence-electron chi connectivity index (χ3n) is 3.53. The van der Waals surface area contributed by atoms with Gasteiger partial charge in [0.2, 0.25) is 0 Å². The van der Waals surface area contributed by atoms with E-state index in [-0.39, 0.29) is 18.1 Å². The lowest BCUT2D eigenvalue weighted by molar-refractivity contribution is -0.114. The number of nitrogens with zero attached hydrogens (tertiary/aromatic N) is 1. The van der Waals surface area contributed by atoms with E-state index in [2.05, 4.69) is 13.8 Å². The molecule has 114 valence electrons. The van der Waals surface area contributed by atoms with Crippen LogP contribution in [0.5, 0.6) is 0 Å². The van der Waals surface area contributed by atoms with E-state index >= 15 is 0 Å². The van der Waals surface area contributed by atoms with Gasteiger partial charge in [-0.1, -0.05) is 49.5 Å². The molecule has 2 aliphatic rings. The molecule has 3 nitrogen and oxygen atoms in total. The predicted octanol–water partition coefficient (Wildman–Crippen LogP) is 4.08. The maximum atomic E-state index is 12.9. The average molecular weight is 331 g/mol. The first kappa shape index (κ1) is 15.4.